The molecule has 0 saturated carbocycles. The van der Waals surface area contributed by atoms with Gasteiger partial charge in [-0.2, -0.15) is 0 Å². The Kier molecular flexibility index (Phi) is 5.86. The van der Waals surface area contributed by atoms with Crippen molar-refractivity contribution in [3.63, 3.8) is 0 Å². The van der Waals surface area contributed by atoms with Gasteiger partial charge in [0, 0.05) is 17.1 Å². The molecule has 1 atom stereocenters. The minimum atomic E-state index is 0.355. The van der Waals surface area contributed by atoms with Crippen molar-refractivity contribution >= 4 is 15.9 Å². The first-order chi connectivity index (χ1) is 9.22. The zero-order chi connectivity index (χ0) is 13.7. The van der Waals surface area contributed by atoms with Crippen LogP contribution >= 0.6 is 15.9 Å². The first kappa shape index (κ1) is 15.0. The first-order valence-electron chi connectivity index (χ1n) is 7.42. The van der Waals surface area contributed by atoms with Crippen molar-refractivity contribution in [2.75, 3.05) is 19.6 Å². The van der Waals surface area contributed by atoms with Crippen LogP contribution in [0.4, 0.5) is 0 Å². The van der Waals surface area contributed by atoms with E-state index in [1.807, 2.05) is 0 Å². The van der Waals surface area contributed by atoms with Crippen molar-refractivity contribution < 1.29 is 0 Å². The van der Waals surface area contributed by atoms with Gasteiger partial charge in [-0.3, -0.25) is 4.90 Å². The van der Waals surface area contributed by atoms with Gasteiger partial charge in [-0.15, -0.1) is 0 Å². The number of nitrogens with zero attached hydrogens (tertiary/aromatic N) is 1. The van der Waals surface area contributed by atoms with E-state index < -0.39 is 0 Å². The van der Waals surface area contributed by atoms with Crippen LogP contribution in [-0.4, -0.2) is 24.5 Å². The van der Waals surface area contributed by atoms with E-state index >= 15 is 0 Å². The van der Waals surface area contributed by atoms with Gasteiger partial charge in [-0.05, 0) is 50.0 Å². The van der Waals surface area contributed by atoms with E-state index in [4.69, 9.17) is 5.73 Å². The molecule has 0 aromatic heterocycles. The third-order valence-electron chi connectivity index (χ3n) is 4.07. The van der Waals surface area contributed by atoms with Gasteiger partial charge in [-0.1, -0.05) is 47.3 Å². The molecule has 1 saturated heterocycles. The second-order valence-electron chi connectivity index (χ2n) is 5.58. The maximum Gasteiger partial charge on any atom is 0.0481 e. The van der Waals surface area contributed by atoms with E-state index in [1.165, 1.54) is 60.8 Å². The number of hydrogen-bond acceptors (Lipinski definition) is 2. The zero-order valence-corrected chi connectivity index (χ0v) is 13.5. The van der Waals surface area contributed by atoms with Gasteiger partial charge in [0.15, 0.2) is 0 Å². The lowest BCUT2D eigenvalue weighted by molar-refractivity contribution is 0.183. The Morgan fingerprint density at radius 2 is 1.79 bits per heavy atom. The lowest BCUT2D eigenvalue weighted by Crippen LogP contribution is -2.36. The van der Waals surface area contributed by atoms with Crippen molar-refractivity contribution in [2.45, 2.75) is 45.1 Å². The topological polar surface area (TPSA) is 29.3 Å². The fourth-order valence-corrected chi connectivity index (χ4v) is 3.72. The normalized spacial score (nSPS) is 19.7. The highest BCUT2D eigenvalue weighted by Crippen LogP contribution is 2.29. The summed E-state index contributed by atoms with van der Waals surface area (Å²) < 4.78 is 1.20. The van der Waals surface area contributed by atoms with Gasteiger partial charge in [0.1, 0.15) is 0 Å². The number of benzene rings is 1. The van der Waals surface area contributed by atoms with Crippen molar-refractivity contribution in [1.29, 1.82) is 0 Å². The standard InChI is InChI=1S/C16H25BrN2/c1-13-7-8-14(15(17)11-13)16(12-18)19-9-5-3-2-4-6-10-19/h7-8,11,16H,2-6,9-10,12,18H2,1H3. The lowest BCUT2D eigenvalue weighted by atomic mass is 10.0. The molecule has 0 spiro atoms. The highest BCUT2D eigenvalue weighted by Gasteiger charge is 2.21. The van der Waals surface area contributed by atoms with Gasteiger partial charge in [0.05, 0.1) is 0 Å². The Hall–Kier alpha value is -0.380. The average molecular weight is 325 g/mol. The minimum absolute atomic E-state index is 0.355. The molecule has 1 heterocycles. The van der Waals surface area contributed by atoms with Gasteiger partial charge in [-0.25, -0.2) is 0 Å². The fourth-order valence-electron chi connectivity index (χ4n) is 2.96. The van der Waals surface area contributed by atoms with E-state index in [0.29, 0.717) is 12.6 Å². The van der Waals surface area contributed by atoms with Gasteiger partial charge >= 0.3 is 0 Å². The number of nitrogens with two attached hydrogens (primary N) is 1. The second-order valence-corrected chi connectivity index (χ2v) is 6.43. The Balaban J connectivity index is 2.17. The quantitative estimate of drug-likeness (QED) is 0.909. The molecule has 1 unspecified atom stereocenters. The van der Waals surface area contributed by atoms with Gasteiger partial charge in [0.25, 0.3) is 0 Å². The Labute approximate surface area is 125 Å². The van der Waals surface area contributed by atoms with E-state index in [-0.39, 0.29) is 0 Å². The summed E-state index contributed by atoms with van der Waals surface area (Å²) in [5.74, 6) is 0. The molecule has 1 aliphatic rings. The maximum atomic E-state index is 6.07. The summed E-state index contributed by atoms with van der Waals surface area (Å²) in [6.45, 7) is 5.19. The highest BCUT2D eigenvalue weighted by molar-refractivity contribution is 9.10. The van der Waals surface area contributed by atoms with Gasteiger partial charge < -0.3 is 5.73 Å². The largest absolute Gasteiger partial charge is 0.329 e. The lowest BCUT2D eigenvalue weighted by Gasteiger charge is -2.33. The van der Waals surface area contributed by atoms with Gasteiger partial charge in [0.2, 0.25) is 0 Å². The van der Waals surface area contributed by atoms with Crippen LogP contribution in [0.1, 0.15) is 49.3 Å². The van der Waals surface area contributed by atoms with Crippen LogP contribution in [0, 0.1) is 6.92 Å². The van der Waals surface area contributed by atoms with E-state index in [2.05, 4.69) is 46.0 Å². The van der Waals surface area contributed by atoms with Crippen molar-refractivity contribution in [2.24, 2.45) is 5.73 Å². The van der Waals surface area contributed by atoms with Crippen LogP contribution in [-0.2, 0) is 0 Å². The third-order valence-corrected chi connectivity index (χ3v) is 4.76. The summed E-state index contributed by atoms with van der Waals surface area (Å²) in [5.41, 5.74) is 8.70. The Morgan fingerprint density at radius 1 is 1.16 bits per heavy atom. The van der Waals surface area contributed by atoms with Crippen LogP contribution in [0.25, 0.3) is 0 Å². The van der Waals surface area contributed by atoms with E-state index in [1.54, 1.807) is 0 Å². The summed E-state index contributed by atoms with van der Waals surface area (Å²) in [7, 11) is 0. The molecule has 2 N–H and O–H groups in total. The summed E-state index contributed by atoms with van der Waals surface area (Å²) in [4.78, 5) is 2.58. The summed E-state index contributed by atoms with van der Waals surface area (Å²) in [6.07, 6.45) is 6.74. The Morgan fingerprint density at radius 3 is 2.37 bits per heavy atom. The third kappa shape index (κ3) is 4.04. The molecule has 0 aliphatic carbocycles. The van der Waals surface area contributed by atoms with Crippen LogP contribution in [0.5, 0.6) is 0 Å². The smallest absolute Gasteiger partial charge is 0.0481 e. The summed E-state index contributed by atoms with van der Waals surface area (Å²) in [5, 5.41) is 0. The Bertz CT molecular complexity index is 398. The molecule has 0 radical (unpaired) electrons. The first-order valence-corrected chi connectivity index (χ1v) is 8.22. The monoisotopic (exact) mass is 324 g/mol. The van der Waals surface area contributed by atoms with Crippen LogP contribution in [0.15, 0.2) is 22.7 Å². The van der Waals surface area contributed by atoms with Crippen molar-refractivity contribution in [3.05, 3.63) is 33.8 Å². The summed E-state index contributed by atoms with van der Waals surface area (Å²) in [6, 6.07) is 6.97. The van der Waals surface area contributed by atoms with Crippen molar-refractivity contribution in [3.8, 4) is 0 Å². The molecular formula is C16H25BrN2. The molecule has 1 aromatic rings. The maximum absolute atomic E-state index is 6.07. The highest BCUT2D eigenvalue weighted by atomic mass is 79.9. The molecule has 1 aromatic carbocycles. The molecular weight excluding hydrogens is 300 g/mol. The second kappa shape index (κ2) is 7.41. The van der Waals surface area contributed by atoms with Crippen LogP contribution in [0.2, 0.25) is 0 Å². The van der Waals surface area contributed by atoms with Crippen LogP contribution in [0.3, 0.4) is 0 Å². The summed E-state index contributed by atoms with van der Waals surface area (Å²) >= 11 is 3.71. The predicted octanol–water partition coefficient (Wildman–Crippen LogP) is 4.02. The fraction of sp³-hybridized carbons (Fsp3) is 0.625. The number of hydrogen-bond donors (Lipinski definition) is 1. The molecule has 0 amide bonds. The molecule has 2 rings (SSSR count). The number of likely N-dealkylation sites (tertiary alicyclic amines) is 1. The molecule has 2 nitrogen and oxygen atoms in total. The molecule has 19 heavy (non-hydrogen) atoms. The average Bonchev–Trinajstić information content (AvgIpc) is 2.34. The zero-order valence-electron chi connectivity index (χ0n) is 11.9. The minimum Gasteiger partial charge on any atom is -0.329 e. The van der Waals surface area contributed by atoms with Crippen molar-refractivity contribution in [1.82, 2.24) is 4.90 Å². The predicted molar refractivity (Wildman–Crippen MR) is 85.3 cm³/mol. The number of rotatable bonds is 3. The molecule has 1 aliphatic heterocycles. The van der Waals surface area contributed by atoms with Crippen LogP contribution < -0.4 is 5.73 Å². The molecule has 1 fully saturated rings. The number of aryl methyl sites for hydroxylation is 1. The molecule has 106 valence electrons. The molecule has 0 bridgehead atoms. The number of halogens is 1. The van der Waals surface area contributed by atoms with E-state index in [0.717, 1.165) is 0 Å². The van der Waals surface area contributed by atoms with E-state index in [9.17, 15) is 0 Å². The molecule has 3 heteroatoms. The SMILES string of the molecule is Cc1ccc(C(CN)N2CCCCCCC2)c(Br)c1.